The van der Waals surface area contributed by atoms with Crippen molar-refractivity contribution in [2.45, 2.75) is 122 Å². The number of halogens is 3. The van der Waals surface area contributed by atoms with Crippen molar-refractivity contribution in [2.24, 2.45) is 11.8 Å². The molecule has 2 heterocycles. The monoisotopic (exact) mass is 574 g/mol. The van der Waals surface area contributed by atoms with Crippen molar-refractivity contribution in [2.75, 3.05) is 19.8 Å². The van der Waals surface area contributed by atoms with Gasteiger partial charge in [0.05, 0.1) is 29.8 Å². The van der Waals surface area contributed by atoms with E-state index in [-0.39, 0.29) is 5.69 Å². The third-order valence-electron chi connectivity index (χ3n) is 8.62. The van der Waals surface area contributed by atoms with Crippen molar-refractivity contribution >= 4 is 0 Å². The summed E-state index contributed by atoms with van der Waals surface area (Å²) in [5.74, 6) is -3.47. The Morgan fingerprint density at radius 1 is 0.829 bits per heavy atom. The molecule has 2 aromatic heterocycles. The molecule has 0 saturated heterocycles. The van der Waals surface area contributed by atoms with Gasteiger partial charge in [-0.1, -0.05) is 77.6 Å². The first-order valence-electron chi connectivity index (χ1n) is 16.2. The molecule has 0 amide bonds. The van der Waals surface area contributed by atoms with Gasteiger partial charge in [-0.2, -0.15) is 4.39 Å². The van der Waals surface area contributed by atoms with Crippen molar-refractivity contribution in [3.63, 3.8) is 0 Å². The third kappa shape index (κ3) is 9.97. The van der Waals surface area contributed by atoms with Gasteiger partial charge in [-0.15, -0.1) is 0 Å². The van der Waals surface area contributed by atoms with Crippen LogP contribution in [0.25, 0.3) is 11.4 Å². The van der Waals surface area contributed by atoms with Crippen molar-refractivity contribution in [1.82, 2.24) is 9.97 Å². The normalized spacial score (nSPS) is 17.9. The van der Waals surface area contributed by atoms with Crippen LogP contribution in [-0.4, -0.2) is 29.8 Å². The summed E-state index contributed by atoms with van der Waals surface area (Å²) in [7, 11) is 0. The number of pyridine rings is 2. The molecule has 0 N–H and O–H groups in total. The highest BCUT2D eigenvalue weighted by Gasteiger charge is 2.47. The second kappa shape index (κ2) is 16.5. The molecule has 1 atom stereocenters. The van der Waals surface area contributed by atoms with Gasteiger partial charge >= 0.3 is 0 Å². The zero-order chi connectivity index (χ0) is 28.9. The summed E-state index contributed by atoms with van der Waals surface area (Å²) in [4.78, 5) is 8.29. The Morgan fingerprint density at radius 3 is 2.24 bits per heavy atom. The highest BCUT2D eigenvalue weighted by molar-refractivity contribution is 5.57. The first-order chi connectivity index (χ1) is 20.0. The summed E-state index contributed by atoms with van der Waals surface area (Å²) in [5.41, 5.74) is 0.569. The van der Waals surface area contributed by atoms with Gasteiger partial charge in [0.15, 0.2) is 0 Å². The lowest BCUT2D eigenvalue weighted by Crippen LogP contribution is -2.33. The minimum atomic E-state index is -3.20. The standard InChI is InChI=1S/C34H49F3N2O2/c1-2-3-21-40-22-11-12-23-41-29-19-20-30(38-25-29)31-24-27-17-18-28(34(36,37)32(27)33(35)39-31)14-10-8-6-4-5-7-9-13-26-15-16-26/h19-20,24-26,28H,2-18,21-23H2,1H3. The Hall–Kier alpha value is -2.15. The van der Waals surface area contributed by atoms with Gasteiger partial charge in [0.1, 0.15) is 5.75 Å². The van der Waals surface area contributed by atoms with E-state index in [2.05, 4.69) is 16.9 Å². The fraction of sp³-hybridized carbons (Fsp3) is 0.706. The van der Waals surface area contributed by atoms with E-state index in [0.29, 0.717) is 42.9 Å². The molecule has 4 nitrogen and oxygen atoms in total. The van der Waals surface area contributed by atoms with Crippen molar-refractivity contribution in [3.8, 4) is 17.1 Å². The predicted molar refractivity (Wildman–Crippen MR) is 158 cm³/mol. The Morgan fingerprint density at radius 2 is 1.54 bits per heavy atom. The number of aromatic nitrogens is 2. The molecule has 1 unspecified atom stereocenters. The number of nitrogens with zero attached hydrogens (tertiary/aromatic N) is 2. The quantitative estimate of drug-likeness (QED) is 0.117. The van der Waals surface area contributed by atoms with Crippen LogP contribution in [0.2, 0.25) is 0 Å². The van der Waals surface area contributed by atoms with E-state index in [4.69, 9.17) is 9.47 Å². The third-order valence-corrected chi connectivity index (χ3v) is 8.62. The molecular weight excluding hydrogens is 525 g/mol. The summed E-state index contributed by atoms with van der Waals surface area (Å²) in [6.07, 6.45) is 19.0. The van der Waals surface area contributed by atoms with E-state index in [1.165, 1.54) is 44.9 Å². The fourth-order valence-electron chi connectivity index (χ4n) is 5.86. The molecule has 2 aliphatic carbocycles. The zero-order valence-electron chi connectivity index (χ0n) is 25.0. The number of aryl methyl sites for hydroxylation is 1. The number of ether oxygens (including phenoxy) is 2. The summed E-state index contributed by atoms with van der Waals surface area (Å²) in [6.45, 7) is 4.23. The van der Waals surface area contributed by atoms with Crippen molar-refractivity contribution < 1.29 is 22.6 Å². The van der Waals surface area contributed by atoms with E-state index in [0.717, 1.165) is 64.1 Å². The maximum Gasteiger partial charge on any atom is 0.280 e. The van der Waals surface area contributed by atoms with Crippen molar-refractivity contribution in [3.05, 3.63) is 41.5 Å². The van der Waals surface area contributed by atoms with Crippen LogP contribution in [0.4, 0.5) is 13.2 Å². The van der Waals surface area contributed by atoms with Crippen LogP contribution in [0, 0.1) is 17.8 Å². The highest BCUT2D eigenvalue weighted by atomic mass is 19.3. The Kier molecular flexibility index (Phi) is 12.8. The molecule has 2 aliphatic rings. The maximum atomic E-state index is 15.4. The van der Waals surface area contributed by atoms with Crippen LogP contribution in [0.1, 0.15) is 121 Å². The Balaban J connectivity index is 1.21. The molecule has 4 rings (SSSR count). The van der Waals surface area contributed by atoms with Gasteiger partial charge in [-0.25, -0.2) is 13.8 Å². The number of hydrogen-bond acceptors (Lipinski definition) is 4. The number of unbranched alkanes of at least 4 members (excludes halogenated alkanes) is 8. The minimum Gasteiger partial charge on any atom is -0.492 e. The van der Waals surface area contributed by atoms with Gasteiger partial charge in [0.25, 0.3) is 5.92 Å². The van der Waals surface area contributed by atoms with Crippen LogP contribution in [0.15, 0.2) is 24.4 Å². The molecule has 0 aromatic carbocycles. The maximum absolute atomic E-state index is 15.4. The molecule has 7 heteroatoms. The van der Waals surface area contributed by atoms with Crippen LogP contribution in [0.5, 0.6) is 5.75 Å². The van der Waals surface area contributed by atoms with Crippen LogP contribution in [-0.2, 0) is 17.1 Å². The summed E-state index contributed by atoms with van der Waals surface area (Å²) >= 11 is 0. The molecule has 228 valence electrons. The Labute approximate surface area is 244 Å². The van der Waals surface area contributed by atoms with Gasteiger partial charge < -0.3 is 9.47 Å². The predicted octanol–water partition coefficient (Wildman–Crippen LogP) is 9.83. The van der Waals surface area contributed by atoms with Crippen LogP contribution in [0.3, 0.4) is 0 Å². The first kappa shape index (κ1) is 31.8. The minimum absolute atomic E-state index is 0.281. The lowest BCUT2D eigenvalue weighted by molar-refractivity contribution is -0.0824. The van der Waals surface area contributed by atoms with E-state index in [1.54, 1.807) is 24.4 Å². The average molecular weight is 575 g/mol. The number of hydrogen-bond donors (Lipinski definition) is 0. The summed E-state index contributed by atoms with van der Waals surface area (Å²) in [5, 5.41) is 0. The van der Waals surface area contributed by atoms with E-state index in [9.17, 15) is 0 Å². The van der Waals surface area contributed by atoms with Gasteiger partial charge in [0, 0.05) is 19.1 Å². The molecule has 41 heavy (non-hydrogen) atoms. The smallest absolute Gasteiger partial charge is 0.280 e. The lowest BCUT2D eigenvalue weighted by atomic mass is 9.78. The van der Waals surface area contributed by atoms with Gasteiger partial charge in [-0.05, 0) is 68.2 Å². The van der Waals surface area contributed by atoms with E-state index < -0.39 is 23.4 Å². The summed E-state index contributed by atoms with van der Waals surface area (Å²) in [6, 6.07) is 5.05. The molecule has 2 aromatic rings. The van der Waals surface area contributed by atoms with E-state index >= 15 is 13.2 Å². The second-order valence-electron chi connectivity index (χ2n) is 12.1. The van der Waals surface area contributed by atoms with Crippen molar-refractivity contribution in [1.29, 1.82) is 0 Å². The number of rotatable bonds is 20. The second-order valence-corrected chi connectivity index (χ2v) is 12.1. The largest absolute Gasteiger partial charge is 0.492 e. The van der Waals surface area contributed by atoms with Crippen LogP contribution < -0.4 is 4.74 Å². The van der Waals surface area contributed by atoms with Gasteiger partial charge in [0.2, 0.25) is 5.95 Å². The highest BCUT2D eigenvalue weighted by Crippen LogP contribution is 2.47. The molecule has 1 fully saturated rings. The molecule has 0 bridgehead atoms. The number of alkyl halides is 2. The van der Waals surface area contributed by atoms with Crippen LogP contribution >= 0.6 is 0 Å². The first-order valence-corrected chi connectivity index (χ1v) is 16.2. The molecular formula is C34H49F3N2O2. The summed E-state index contributed by atoms with van der Waals surface area (Å²) < 4.78 is 57.2. The lowest BCUT2D eigenvalue weighted by Gasteiger charge is -2.33. The SMILES string of the molecule is CCCCOCCCCOc1ccc(-c2cc3c(c(F)n2)C(F)(F)C(CCCCCCCCCC2CC2)CC3)nc1. The van der Waals surface area contributed by atoms with E-state index in [1.807, 2.05) is 0 Å². The molecule has 1 saturated carbocycles. The molecule has 0 spiro atoms. The molecule has 0 aliphatic heterocycles. The average Bonchev–Trinajstić information content (AvgIpc) is 3.79. The number of fused-ring (bicyclic) bond motifs is 1. The Bertz CT molecular complexity index is 1040. The van der Waals surface area contributed by atoms with Gasteiger partial charge in [-0.3, -0.25) is 4.98 Å². The fourth-order valence-corrected chi connectivity index (χ4v) is 5.86. The topological polar surface area (TPSA) is 44.2 Å². The zero-order valence-corrected chi connectivity index (χ0v) is 25.0. The molecule has 0 radical (unpaired) electrons.